The zero-order valence-corrected chi connectivity index (χ0v) is 18.7. The third-order valence-electron chi connectivity index (χ3n) is 4.85. The molecule has 0 amide bonds. The van der Waals surface area contributed by atoms with Crippen molar-refractivity contribution in [1.29, 1.82) is 0 Å². The lowest BCUT2D eigenvalue weighted by atomic mass is 10.0. The Labute approximate surface area is 175 Å². The molecule has 1 aliphatic heterocycles. The van der Waals surface area contributed by atoms with Crippen LogP contribution < -0.4 is 10.6 Å². The van der Waals surface area contributed by atoms with E-state index in [-0.39, 0.29) is 29.8 Å². The van der Waals surface area contributed by atoms with E-state index in [2.05, 4.69) is 27.4 Å². The molecular formula is C20H34FIN4. The predicted molar refractivity (Wildman–Crippen MR) is 119 cm³/mol. The standard InChI is InChI=1S/C20H33FN4.HI/c1-16-7-6-12-25(15-16)11-5-4-10-23-20(22-3)24-14-18-9-8-17(2)19(21)13-18;/h8-9,13,16H,4-7,10-12,14-15H2,1-3H3,(H2,22,23,24);1H. The van der Waals surface area contributed by atoms with Crippen molar-refractivity contribution in [2.24, 2.45) is 10.9 Å². The fraction of sp³-hybridized carbons (Fsp3) is 0.650. The fourth-order valence-corrected chi connectivity index (χ4v) is 3.31. The first-order chi connectivity index (χ1) is 12.1. The molecule has 2 N–H and O–H groups in total. The van der Waals surface area contributed by atoms with Crippen LogP contribution in [0.5, 0.6) is 0 Å². The molecule has 0 aromatic heterocycles. The minimum atomic E-state index is -0.158. The minimum Gasteiger partial charge on any atom is -0.356 e. The van der Waals surface area contributed by atoms with Gasteiger partial charge in [0, 0.05) is 26.7 Å². The van der Waals surface area contributed by atoms with Gasteiger partial charge >= 0.3 is 0 Å². The number of unbranched alkanes of at least 4 members (excludes halogenated alkanes) is 1. The molecule has 1 heterocycles. The highest BCUT2D eigenvalue weighted by Crippen LogP contribution is 2.15. The van der Waals surface area contributed by atoms with E-state index in [0.29, 0.717) is 12.1 Å². The lowest BCUT2D eigenvalue weighted by Crippen LogP contribution is -2.38. The molecular weight excluding hydrogens is 442 g/mol. The van der Waals surface area contributed by atoms with Crippen molar-refractivity contribution in [3.05, 3.63) is 35.1 Å². The summed E-state index contributed by atoms with van der Waals surface area (Å²) in [6, 6.07) is 5.33. The van der Waals surface area contributed by atoms with E-state index in [1.807, 2.05) is 12.1 Å². The Morgan fingerprint density at radius 1 is 1.31 bits per heavy atom. The van der Waals surface area contributed by atoms with Gasteiger partial charge in [-0.05, 0) is 68.8 Å². The molecule has 0 spiro atoms. The van der Waals surface area contributed by atoms with E-state index in [0.717, 1.165) is 30.4 Å². The first kappa shape index (κ1) is 23.1. The number of nitrogens with one attached hydrogen (secondary N) is 2. The first-order valence-electron chi connectivity index (χ1n) is 9.50. The smallest absolute Gasteiger partial charge is 0.191 e. The van der Waals surface area contributed by atoms with E-state index in [1.165, 1.54) is 38.9 Å². The molecule has 1 fully saturated rings. The maximum Gasteiger partial charge on any atom is 0.191 e. The van der Waals surface area contributed by atoms with Crippen molar-refractivity contribution in [2.75, 3.05) is 33.2 Å². The van der Waals surface area contributed by atoms with Crippen LogP contribution in [0.1, 0.15) is 43.7 Å². The van der Waals surface area contributed by atoms with Gasteiger partial charge in [0.15, 0.2) is 5.96 Å². The molecule has 1 aliphatic rings. The van der Waals surface area contributed by atoms with Crippen molar-refractivity contribution in [3.63, 3.8) is 0 Å². The van der Waals surface area contributed by atoms with Crippen LogP contribution in [0.2, 0.25) is 0 Å². The van der Waals surface area contributed by atoms with Gasteiger partial charge in [0.2, 0.25) is 0 Å². The summed E-state index contributed by atoms with van der Waals surface area (Å²) in [7, 11) is 1.76. The number of hydrogen-bond donors (Lipinski definition) is 2. The van der Waals surface area contributed by atoms with Crippen molar-refractivity contribution < 1.29 is 4.39 Å². The van der Waals surface area contributed by atoms with Gasteiger partial charge in [0.05, 0.1) is 0 Å². The highest BCUT2D eigenvalue weighted by Gasteiger charge is 2.15. The molecule has 1 unspecified atom stereocenters. The monoisotopic (exact) mass is 476 g/mol. The first-order valence-corrected chi connectivity index (χ1v) is 9.50. The van der Waals surface area contributed by atoms with E-state index in [4.69, 9.17) is 0 Å². The predicted octanol–water partition coefficient (Wildman–Crippen LogP) is 3.93. The van der Waals surface area contributed by atoms with Gasteiger partial charge in [0.25, 0.3) is 0 Å². The minimum absolute atomic E-state index is 0. The van der Waals surface area contributed by atoms with Gasteiger partial charge < -0.3 is 15.5 Å². The molecule has 1 aromatic rings. The Bertz CT molecular complexity index is 565. The fourth-order valence-electron chi connectivity index (χ4n) is 3.31. The number of benzene rings is 1. The quantitative estimate of drug-likeness (QED) is 0.271. The van der Waals surface area contributed by atoms with E-state index < -0.39 is 0 Å². The normalized spacial score (nSPS) is 18.3. The molecule has 6 heteroatoms. The zero-order chi connectivity index (χ0) is 18.1. The van der Waals surface area contributed by atoms with Gasteiger partial charge in [-0.15, -0.1) is 24.0 Å². The van der Waals surface area contributed by atoms with E-state index >= 15 is 0 Å². The summed E-state index contributed by atoms with van der Waals surface area (Å²) in [5.74, 6) is 1.46. The van der Waals surface area contributed by atoms with Gasteiger partial charge in [0.1, 0.15) is 5.82 Å². The summed E-state index contributed by atoms with van der Waals surface area (Å²) in [5, 5.41) is 6.58. The lowest BCUT2D eigenvalue weighted by molar-refractivity contribution is 0.181. The average molecular weight is 476 g/mol. The van der Waals surface area contributed by atoms with Crippen molar-refractivity contribution in [3.8, 4) is 0 Å². The molecule has 1 saturated heterocycles. The van der Waals surface area contributed by atoms with Crippen LogP contribution in [0.15, 0.2) is 23.2 Å². The average Bonchev–Trinajstić information content (AvgIpc) is 2.60. The Hall–Kier alpha value is -0.890. The van der Waals surface area contributed by atoms with Crippen LogP contribution >= 0.6 is 24.0 Å². The van der Waals surface area contributed by atoms with Crippen LogP contribution in [0.4, 0.5) is 4.39 Å². The number of likely N-dealkylation sites (tertiary alicyclic amines) is 1. The number of piperidine rings is 1. The van der Waals surface area contributed by atoms with Crippen LogP contribution in [-0.2, 0) is 6.54 Å². The summed E-state index contributed by atoms with van der Waals surface area (Å²) >= 11 is 0. The summed E-state index contributed by atoms with van der Waals surface area (Å²) in [6.07, 6.45) is 5.06. The van der Waals surface area contributed by atoms with Gasteiger partial charge in [-0.2, -0.15) is 0 Å². The Kier molecular flexibility index (Phi) is 11.1. The summed E-state index contributed by atoms with van der Waals surface area (Å²) in [5.41, 5.74) is 1.60. The van der Waals surface area contributed by atoms with Crippen LogP contribution in [0.25, 0.3) is 0 Å². The topological polar surface area (TPSA) is 39.7 Å². The largest absolute Gasteiger partial charge is 0.356 e. The van der Waals surface area contributed by atoms with Crippen LogP contribution in [0, 0.1) is 18.7 Å². The van der Waals surface area contributed by atoms with Gasteiger partial charge in [-0.3, -0.25) is 4.99 Å². The Balaban J connectivity index is 0.00000338. The number of hydrogen-bond acceptors (Lipinski definition) is 2. The second-order valence-electron chi connectivity index (χ2n) is 7.19. The zero-order valence-electron chi connectivity index (χ0n) is 16.4. The third kappa shape index (κ3) is 8.20. The lowest BCUT2D eigenvalue weighted by Gasteiger charge is -2.30. The van der Waals surface area contributed by atoms with Crippen LogP contribution in [-0.4, -0.2) is 44.1 Å². The third-order valence-corrected chi connectivity index (χ3v) is 4.85. The summed E-state index contributed by atoms with van der Waals surface area (Å²) in [6.45, 7) is 9.31. The maximum atomic E-state index is 13.6. The molecule has 0 bridgehead atoms. The van der Waals surface area contributed by atoms with Crippen molar-refractivity contribution in [2.45, 2.75) is 46.1 Å². The maximum absolute atomic E-state index is 13.6. The molecule has 2 rings (SSSR count). The number of nitrogens with zero attached hydrogens (tertiary/aromatic N) is 2. The summed E-state index contributed by atoms with van der Waals surface area (Å²) < 4.78 is 13.6. The number of halogens is 2. The molecule has 148 valence electrons. The highest BCUT2D eigenvalue weighted by molar-refractivity contribution is 14.0. The molecule has 1 atom stereocenters. The number of aryl methyl sites for hydroxylation is 1. The Morgan fingerprint density at radius 3 is 2.81 bits per heavy atom. The second kappa shape index (κ2) is 12.5. The molecule has 0 aliphatic carbocycles. The molecule has 0 saturated carbocycles. The Morgan fingerprint density at radius 2 is 2.12 bits per heavy atom. The van der Waals surface area contributed by atoms with Crippen molar-refractivity contribution >= 4 is 29.9 Å². The molecule has 4 nitrogen and oxygen atoms in total. The SMILES string of the molecule is CN=C(NCCCCN1CCCC(C)C1)NCc1ccc(C)c(F)c1.I. The highest BCUT2D eigenvalue weighted by atomic mass is 127. The van der Waals surface area contributed by atoms with E-state index in [9.17, 15) is 4.39 Å². The molecule has 26 heavy (non-hydrogen) atoms. The molecule has 0 radical (unpaired) electrons. The number of aliphatic imine (C=N–C) groups is 1. The van der Waals surface area contributed by atoms with Crippen molar-refractivity contribution in [1.82, 2.24) is 15.5 Å². The summed E-state index contributed by atoms with van der Waals surface area (Å²) in [4.78, 5) is 6.82. The van der Waals surface area contributed by atoms with E-state index in [1.54, 1.807) is 20.0 Å². The molecule has 1 aromatic carbocycles. The number of guanidine groups is 1. The van der Waals surface area contributed by atoms with Gasteiger partial charge in [-0.1, -0.05) is 19.1 Å². The van der Waals surface area contributed by atoms with Gasteiger partial charge in [-0.25, -0.2) is 4.39 Å². The second-order valence-corrected chi connectivity index (χ2v) is 7.19. The van der Waals surface area contributed by atoms with Crippen LogP contribution in [0.3, 0.4) is 0 Å². The number of rotatable bonds is 7.